The molecule has 0 aliphatic heterocycles. The van der Waals surface area contributed by atoms with E-state index in [1.807, 2.05) is 0 Å². The molecule has 0 fully saturated rings. The highest BCUT2D eigenvalue weighted by Crippen LogP contribution is 2.42. The molecule has 0 aliphatic rings. The molecule has 0 amide bonds. The highest BCUT2D eigenvalue weighted by molar-refractivity contribution is 6.10. The van der Waals surface area contributed by atoms with Crippen LogP contribution in [0.15, 0.2) is 199 Å². The van der Waals surface area contributed by atoms with Crippen LogP contribution in [0.2, 0.25) is 0 Å². The normalized spacial score (nSPS) is 11.8. The summed E-state index contributed by atoms with van der Waals surface area (Å²) in [6, 6.07) is 70.3. The third-order valence-corrected chi connectivity index (χ3v) is 11.2. The topological polar surface area (TPSA) is 16.4 Å². The Bertz CT molecular complexity index is 3050. The monoisotopic (exact) mass is 719 g/mol. The van der Waals surface area contributed by atoms with Crippen LogP contribution in [0.25, 0.3) is 76.9 Å². The predicted octanol–water partition coefficient (Wildman–Crippen LogP) is 15.7. The summed E-state index contributed by atoms with van der Waals surface area (Å²) < 4.78 is 6.75. The molecule has 0 saturated heterocycles. The van der Waals surface area contributed by atoms with Crippen LogP contribution >= 0.6 is 0 Å². The van der Waals surface area contributed by atoms with E-state index >= 15 is 0 Å². The van der Waals surface area contributed by atoms with E-state index in [-0.39, 0.29) is 5.41 Å². The first-order valence-corrected chi connectivity index (χ1v) is 19.4. The predicted molar refractivity (Wildman–Crippen MR) is 238 cm³/mol. The molecular weight excluding hydrogens is 679 g/mol. The lowest BCUT2D eigenvalue weighted by Crippen LogP contribution is -2.10. The van der Waals surface area contributed by atoms with Crippen LogP contribution < -0.4 is 4.90 Å². The molecule has 0 N–H and O–H groups in total. The maximum atomic E-state index is 6.75. The van der Waals surface area contributed by atoms with Gasteiger partial charge in [-0.2, -0.15) is 0 Å². The van der Waals surface area contributed by atoms with Crippen molar-refractivity contribution < 1.29 is 4.42 Å². The van der Waals surface area contributed by atoms with Crippen LogP contribution in [0.1, 0.15) is 26.3 Å². The standard InChI is InChI=1S/C54H41NO/c1-54(2,3)51-20-10-19-50-49-18-9-17-48(52(49)56-53(50)51)39-27-31-46(32-28-39)55(45-29-25-38(26-30-45)43-23-21-36-11-4-6-13-40(36)33-43)47-16-8-15-42(35-47)44-24-22-37-12-5-7-14-41(37)34-44/h4-35H,1-3H3. The fourth-order valence-corrected chi connectivity index (χ4v) is 8.24. The van der Waals surface area contributed by atoms with Gasteiger partial charge in [0.15, 0.2) is 0 Å². The van der Waals surface area contributed by atoms with Gasteiger partial charge in [-0.3, -0.25) is 0 Å². The van der Waals surface area contributed by atoms with Crippen LogP contribution in [0.5, 0.6) is 0 Å². The van der Waals surface area contributed by atoms with E-state index in [0.29, 0.717) is 0 Å². The molecule has 0 aliphatic carbocycles. The third-order valence-electron chi connectivity index (χ3n) is 11.2. The molecule has 0 unspecified atom stereocenters. The molecule has 56 heavy (non-hydrogen) atoms. The maximum absolute atomic E-state index is 6.75. The minimum Gasteiger partial charge on any atom is -0.455 e. The summed E-state index contributed by atoms with van der Waals surface area (Å²) in [7, 11) is 0. The minimum atomic E-state index is -0.0298. The van der Waals surface area contributed by atoms with E-state index in [0.717, 1.165) is 50.1 Å². The molecule has 10 rings (SSSR count). The first kappa shape index (κ1) is 33.7. The zero-order valence-electron chi connectivity index (χ0n) is 31.8. The molecule has 0 bridgehead atoms. The Morgan fingerprint density at radius 1 is 0.357 bits per heavy atom. The molecule has 2 nitrogen and oxygen atoms in total. The average Bonchev–Trinajstić information content (AvgIpc) is 3.63. The van der Waals surface area contributed by atoms with Crippen molar-refractivity contribution in [3.05, 3.63) is 200 Å². The summed E-state index contributed by atoms with van der Waals surface area (Å²) in [4.78, 5) is 2.36. The summed E-state index contributed by atoms with van der Waals surface area (Å²) in [6.45, 7) is 6.73. The van der Waals surface area contributed by atoms with Gasteiger partial charge < -0.3 is 9.32 Å². The second-order valence-electron chi connectivity index (χ2n) is 15.8. The van der Waals surface area contributed by atoms with Gasteiger partial charge in [0.05, 0.1) is 0 Å². The van der Waals surface area contributed by atoms with Gasteiger partial charge >= 0.3 is 0 Å². The largest absolute Gasteiger partial charge is 0.455 e. The van der Waals surface area contributed by atoms with Crippen molar-refractivity contribution in [2.45, 2.75) is 26.2 Å². The van der Waals surface area contributed by atoms with E-state index in [1.54, 1.807) is 0 Å². The number of fused-ring (bicyclic) bond motifs is 5. The number of nitrogens with zero attached hydrogens (tertiary/aromatic N) is 1. The summed E-state index contributed by atoms with van der Waals surface area (Å²) in [5.41, 5.74) is 13.3. The van der Waals surface area contributed by atoms with Crippen LogP contribution in [0.3, 0.4) is 0 Å². The zero-order valence-corrected chi connectivity index (χ0v) is 31.8. The SMILES string of the molecule is CC(C)(C)c1cccc2c1oc1c(-c3ccc(N(c4ccc(-c5ccc6ccccc6c5)cc4)c4cccc(-c5ccc6ccccc6c5)c4)cc3)cccc12. The summed E-state index contributed by atoms with van der Waals surface area (Å²) in [5.74, 6) is 0. The van der Waals surface area contributed by atoms with Crippen molar-refractivity contribution in [2.24, 2.45) is 0 Å². The number of para-hydroxylation sites is 2. The van der Waals surface area contributed by atoms with Crippen molar-refractivity contribution in [3.8, 4) is 33.4 Å². The molecule has 9 aromatic carbocycles. The number of rotatable bonds is 6. The summed E-state index contributed by atoms with van der Waals surface area (Å²) >= 11 is 0. The number of benzene rings is 9. The van der Waals surface area contributed by atoms with E-state index < -0.39 is 0 Å². The van der Waals surface area contributed by atoms with Crippen LogP contribution in [0.4, 0.5) is 17.1 Å². The Hall–Kier alpha value is -6.90. The van der Waals surface area contributed by atoms with Crippen LogP contribution in [-0.4, -0.2) is 0 Å². The van der Waals surface area contributed by atoms with Gasteiger partial charge in [-0.25, -0.2) is 0 Å². The second kappa shape index (κ2) is 13.4. The highest BCUT2D eigenvalue weighted by atomic mass is 16.3. The van der Waals surface area contributed by atoms with Gasteiger partial charge in [-0.1, -0.05) is 166 Å². The maximum Gasteiger partial charge on any atom is 0.143 e. The lowest BCUT2D eigenvalue weighted by atomic mass is 9.86. The smallest absolute Gasteiger partial charge is 0.143 e. The van der Waals surface area contributed by atoms with Gasteiger partial charge in [0.2, 0.25) is 0 Å². The minimum absolute atomic E-state index is 0.0298. The Labute approximate surface area is 327 Å². The second-order valence-corrected chi connectivity index (χ2v) is 15.8. The number of furan rings is 1. The first-order valence-electron chi connectivity index (χ1n) is 19.4. The van der Waals surface area contributed by atoms with Gasteiger partial charge in [0, 0.05) is 39.0 Å². The fraction of sp³-hybridized carbons (Fsp3) is 0.0741. The first-order chi connectivity index (χ1) is 27.4. The lowest BCUT2D eigenvalue weighted by molar-refractivity contribution is 0.573. The van der Waals surface area contributed by atoms with Crippen molar-refractivity contribution in [1.82, 2.24) is 0 Å². The molecule has 0 spiro atoms. The van der Waals surface area contributed by atoms with E-state index in [1.165, 1.54) is 49.4 Å². The molecule has 1 heterocycles. The Balaban J connectivity index is 1.07. The van der Waals surface area contributed by atoms with Gasteiger partial charge in [-0.15, -0.1) is 0 Å². The highest BCUT2D eigenvalue weighted by Gasteiger charge is 2.22. The Kier molecular flexibility index (Phi) is 8.08. The Morgan fingerprint density at radius 2 is 0.857 bits per heavy atom. The van der Waals surface area contributed by atoms with Crippen LogP contribution in [0, 0.1) is 0 Å². The Morgan fingerprint density at radius 3 is 1.48 bits per heavy atom. The number of hydrogen-bond acceptors (Lipinski definition) is 2. The summed E-state index contributed by atoms with van der Waals surface area (Å²) in [6.07, 6.45) is 0. The number of anilines is 3. The quantitative estimate of drug-likeness (QED) is 0.170. The average molecular weight is 720 g/mol. The van der Waals surface area contributed by atoms with Crippen molar-refractivity contribution in [1.29, 1.82) is 0 Å². The lowest BCUT2D eigenvalue weighted by Gasteiger charge is -2.26. The van der Waals surface area contributed by atoms with Gasteiger partial charge in [-0.05, 0) is 103 Å². The van der Waals surface area contributed by atoms with E-state index in [4.69, 9.17) is 4.42 Å². The molecule has 268 valence electrons. The summed E-state index contributed by atoms with van der Waals surface area (Å²) in [5, 5.41) is 7.28. The zero-order chi connectivity index (χ0) is 37.8. The molecule has 0 radical (unpaired) electrons. The van der Waals surface area contributed by atoms with E-state index in [2.05, 4.69) is 220 Å². The van der Waals surface area contributed by atoms with Crippen molar-refractivity contribution in [3.63, 3.8) is 0 Å². The number of hydrogen-bond donors (Lipinski definition) is 0. The fourth-order valence-electron chi connectivity index (χ4n) is 8.24. The molecule has 10 aromatic rings. The van der Waals surface area contributed by atoms with Crippen molar-refractivity contribution >= 4 is 60.5 Å². The van der Waals surface area contributed by atoms with Crippen molar-refractivity contribution in [2.75, 3.05) is 4.90 Å². The van der Waals surface area contributed by atoms with Gasteiger partial charge in [0.25, 0.3) is 0 Å². The molecule has 0 saturated carbocycles. The molecule has 2 heteroatoms. The third kappa shape index (κ3) is 6.01. The van der Waals surface area contributed by atoms with E-state index in [9.17, 15) is 0 Å². The van der Waals surface area contributed by atoms with Gasteiger partial charge in [0.1, 0.15) is 11.2 Å². The molecular formula is C54H41NO. The van der Waals surface area contributed by atoms with Crippen LogP contribution in [-0.2, 0) is 5.41 Å². The molecule has 0 atom stereocenters. The molecule has 1 aromatic heterocycles.